The Morgan fingerprint density at radius 2 is 1.14 bits per heavy atom. The van der Waals surface area contributed by atoms with Gasteiger partial charge in [-0.2, -0.15) is 0 Å². The first-order valence-electron chi connectivity index (χ1n) is 12.9. The number of nitrogens with one attached hydrogen (secondary N) is 4. The monoisotopic (exact) mass is 614 g/mol. The maximum absolute atomic E-state index is 11.3. The van der Waals surface area contributed by atoms with Crippen LogP contribution < -0.4 is 32.7 Å². The fourth-order valence-electron chi connectivity index (χ4n) is 5.55. The van der Waals surface area contributed by atoms with E-state index in [2.05, 4.69) is 51.2 Å². The van der Waals surface area contributed by atoms with Crippen molar-refractivity contribution >= 4 is 68.6 Å². The summed E-state index contributed by atoms with van der Waals surface area (Å²) < 4.78 is 15.7. The second-order valence-electron chi connectivity index (χ2n) is 10.0. The van der Waals surface area contributed by atoms with E-state index in [-0.39, 0.29) is 35.0 Å². The normalized spacial score (nSPS) is 31.8. The highest BCUT2D eigenvalue weighted by Crippen LogP contribution is 2.34. The molecular weight excluding hydrogens is 588 g/mol. The van der Waals surface area contributed by atoms with Gasteiger partial charge >= 0.3 is 0 Å². The highest BCUT2D eigenvalue weighted by Gasteiger charge is 2.48. The molecule has 0 radical (unpaired) electrons. The van der Waals surface area contributed by atoms with Gasteiger partial charge < -0.3 is 52.4 Å². The Morgan fingerprint density at radius 3 is 1.57 bits per heavy atom. The molecule has 0 amide bonds. The Balaban J connectivity index is 1.12. The van der Waals surface area contributed by atoms with Crippen LogP contribution in [0.3, 0.4) is 0 Å². The lowest BCUT2D eigenvalue weighted by atomic mass is 10.1. The summed E-state index contributed by atoms with van der Waals surface area (Å²) in [6, 6.07) is -1.27. The number of aliphatic hydroxyl groups is 2. The molecule has 4 aromatic rings. The van der Waals surface area contributed by atoms with Crippen LogP contribution in [0.1, 0.15) is 12.5 Å². The van der Waals surface area contributed by atoms with Crippen LogP contribution in [-0.2, 0) is 9.47 Å². The van der Waals surface area contributed by atoms with E-state index in [4.69, 9.17) is 45.4 Å². The van der Waals surface area contributed by atoms with Crippen molar-refractivity contribution in [1.29, 1.82) is 0 Å². The zero-order chi connectivity index (χ0) is 29.1. The van der Waals surface area contributed by atoms with Crippen LogP contribution >= 0.6 is 24.4 Å². The summed E-state index contributed by atoms with van der Waals surface area (Å²) in [7, 11) is 0. The first-order valence-corrected chi connectivity index (χ1v) is 13.7. The summed E-state index contributed by atoms with van der Waals surface area (Å²) in [5.41, 5.74) is 13.5. The molecule has 0 aliphatic carbocycles. The molecule has 3 fully saturated rings. The molecule has 7 heterocycles. The third-order valence-electron chi connectivity index (χ3n) is 7.60. The number of ether oxygens (including phenoxy) is 2. The number of imidazole rings is 2. The summed E-state index contributed by atoms with van der Waals surface area (Å²) in [5, 5.41) is 35.8. The molecule has 10 N–H and O–H groups in total. The van der Waals surface area contributed by atoms with Gasteiger partial charge in [0.15, 0.2) is 45.6 Å². The number of anilines is 2. The van der Waals surface area contributed by atoms with E-state index in [1.54, 1.807) is 9.13 Å². The van der Waals surface area contributed by atoms with Crippen molar-refractivity contribution in [2.75, 3.05) is 24.6 Å². The lowest BCUT2D eigenvalue weighted by molar-refractivity contribution is -0.0332. The maximum Gasteiger partial charge on any atom is 0.167 e. The smallest absolute Gasteiger partial charge is 0.167 e. The van der Waals surface area contributed by atoms with E-state index in [9.17, 15) is 10.2 Å². The number of hydrogen-bond donors (Lipinski definition) is 8. The minimum Gasteiger partial charge on any atom is -0.386 e. The summed E-state index contributed by atoms with van der Waals surface area (Å²) >= 11 is 11.1. The highest BCUT2D eigenvalue weighted by molar-refractivity contribution is 7.80. The summed E-state index contributed by atoms with van der Waals surface area (Å²) in [5.74, 6) is 0.435. The van der Waals surface area contributed by atoms with Gasteiger partial charge in [-0.1, -0.05) is 0 Å². The second-order valence-corrected chi connectivity index (χ2v) is 10.9. The molecular formula is C22H26N14O4S2. The zero-order valence-electron chi connectivity index (χ0n) is 21.6. The lowest BCUT2D eigenvalue weighted by Crippen LogP contribution is -2.58. The molecule has 3 saturated heterocycles. The third-order valence-corrected chi connectivity index (χ3v) is 8.12. The van der Waals surface area contributed by atoms with Crippen molar-refractivity contribution in [3.05, 3.63) is 25.3 Å². The minimum absolute atomic E-state index is 0.198. The number of aromatic nitrogens is 8. The van der Waals surface area contributed by atoms with E-state index < -0.39 is 49.0 Å². The van der Waals surface area contributed by atoms with Crippen LogP contribution in [0, 0.1) is 0 Å². The van der Waals surface area contributed by atoms with E-state index in [1.807, 2.05) is 0 Å². The van der Waals surface area contributed by atoms with Crippen molar-refractivity contribution in [3.8, 4) is 0 Å². The highest BCUT2D eigenvalue weighted by atomic mass is 32.1. The number of rotatable bonds is 2. The molecule has 0 bridgehead atoms. The van der Waals surface area contributed by atoms with E-state index in [0.717, 1.165) is 0 Å². The molecule has 3 aliphatic heterocycles. The predicted octanol–water partition coefficient (Wildman–Crippen LogP) is -2.97. The van der Waals surface area contributed by atoms with Crippen LogP contribution in [0.2, 0.25) is 0 Å². The number of nitrogens with two attached hydrogens (primary N) is 2. The van der Waals surface area contributed by atoms with E-state index in [1.165, 1.54) is 25.3 Å². The minimum atomic E-state index is -1.06. The summed E-state index contributed by atoms with van der Waals surface area (Å²) in [6.45, 7) is 0.396. The molecule has 0 saturated carbocycles. The van der Waals surface area contributed by atoms with Crippen molar-refractivity contribution in [2.45, 2.75) is 49.0 Å². The van der Waals surface area contributed by atoms with Gasteiger partial charge in [0.1, 0.15) is 48.1 Å². The maximum atomic E-state index is 11.3. The van der Waals surface area contributed by atoms with E-state index >= 15 is 0 Å². The number of thiocarbonyl (C=S) groups is 2. The zero-order valence-corrected chi connectivity index (χ0v) is 23.2. The Labute approximate surface area is 247 Å². The standard InChI is InChI=1S/C22H26N14O4S2/c23-15-11-17(29-3-27-15)35(5-31-11)19-13(37)9-7(39-19)1-25-21(41)34-10-8(2-26-22(42)33-9)40-20(14(10)38)36-6-32-12-16(24)28-4-30-18(12)36/h3-10,13-14,19-20,37-38H,1-2H2,(H2,23,27,29)(H2,24,28,30)(H2,25,34,41)(H2,26,33,42)/t7-,8-,9-,10-,13-,14-,19-,20-/m1/s1. The molecule has 3 aliphatic rings. The quantitative estimate of drug-likeness (QED) is 0.105. The summed E-state index contributed by atoms with van der Waals surface area (Å²) in [6.07, 6.45) is 0.642. The lowest BCUT2D eigenvalue weighted by Gasteiger charge is -2.28. The van der Waals surface area contributed by atoms with Crippen LogP contribution in [-0.4, -0.2) is 109 Å². The van der Waals surface area contributed by atoms with E-state index in [0.29, 0.717) is 22.3 Å². The number of fused-ring (bicyclic) bond motifs is 4. The van der Waals surface area contributed by atoms with Crippen LogP contribution in [0.25, 0.3) is 22.3 Å². The Hall–Kier alpha value is -4.08. The van der Waals surface area contributed by atoms with Crippen molar-refractivity contribution < 1.29 is 19.7 Å². The first kappa shape index (κ1) is 26.8. The van der Waals surface area contributed by atoms with Crippen molar-refractivity contribution in [3.63, 3.8) is 0 Å². The number of nitrogens with zero attached hydrogens (tertiary/aromatic N) is 8. The Kier molecular flexibility index (Phi) is 6.59. The Morgan fingerprint density at radius 1 is 0.714 bits per heavy atom. The molecule has 7 rings (SSSR count). The van der Waals surface area contributed by atoms with Gasteiger partial charge in [0, 0.05) is 13.1 Å². The summed E-state index contributed by atoms with van der Waals surface area (Å²) in [4.78, 5) is 25.0. The largest absolute Gasteiger partial charge is 0.386 e. The van der Waals surface area contributed by atoms with Crippen molar-refractivity contribution in [2.24, 2.45) is 0 Å². The Bertz CT molecular complexity index is 1560. The van der Waals surface area contributed by atoms with Crippen LogP contribution in [0.5, 0.6) is 0 Å². The molecule has 18 nitrogen and oxygen atoms in total. The number of nitrogen functional groups attached to an aromatic ring is 2. The second kappa shape index (κ2) is 10.3. The van der Waals surface area contributed by atoms with Gasteiger partial charge in [0.25, 0.3) is 0 Å². The average molecular weight is 615 g/mol. The molecule has 0 aromatic carbocycles. The average Bonchev–Trinajstić information content (AvgIpc) is 3.73. The fourth-order valence-corrected chi connectivity index (χ4v) is 5.99. The molecule has 8 atom stereocenters. The third kappa shape index (κ3) is 4.39. The molecule has 20 heteroatoms. The predicted molar refractivity (Wildman–Crippen MR) is 154 cm³/mol. The van der Waals surface area contributed by atoms with Gasteiger partial charge in [-0.3, -0.25) is 9.13 Å². The molecule has 0 unspecified atom stereocenters. The number of hydrogen-bond acceptors (Lipinski definition) is 14. The molecule has 42 heavy (non-hydrogen) atoms. The topological polar surface area (TPSA) is 246 Å². The van der Waals surface area contributed by atoms with Crippen LogP contribution in [0.4, 0.5) is 11.6 Å². The molecule has 4 aromatic heterocycles. The number of aliphatic hydroxyl groups excluding tert-OH is 2. The first-order chi connectivity index (χ1) is 20.3. The SMILES string of the molecule is Nc1ncnc2c1ncn2[C@@H]1O[C@@H]2CNC(=S)N[C@H]3[C@@H](O)[C@H](n4cnc5c(N)ncnc54)O[C@@H]3CNC(=S)N[C@H]2[C@H]1O. The van der Waals surface area contributed by atoms with Crippen LogP contribution in [0.15, 0.2) is 25.3 Å². The fraction of sp³-hybridized carbons (Fsp3) is 0.455. The van der Waals surface area contributed by atoms with Gasteiger partial charge in [-0.05, 0) is 24.4 Å². The van der Waals surface area contributed by atoms with Gasteiger partial charge in [0.2, 0.25) is 0 Å². The molecule has 220 valence electrons. The van der Waals surface area contributed by atoms with Gasteiger partial charge in [-0.25, -0.2) is 29.9 Å². The van der Waals surface area contributed by atoms with Gasteiger partial charge in [0.05, 0.1) is 24.7 Å². The molecule has 0 spiro atoms. The van der Waals surface area contributed by atoms with Gasteiger partial charge in [-0.15, -0.1) is 0 Å². The van der Waals surface area contributed by atoms with Crippen molar-refractivity contribution in [1.82, 2.24) is 60.3 Å².